The Bertz CT molecular complexity index is 1010. The first-order chi connectivity index (χ1) is 14.5. The van der Waals surface area contributed by atoms with Gasteiger partial charge in [0.15, 0.2) is 0 Å². The average molecular weight is 428 g/mol. The minimum Gasteiger partial charge on any atom is -0.495 e. The Hall–Kier alpha value is -3.01. The normalized spacial score (nSPS) is 17.6. The molecule has 0 saturated heterocycles. The van der Waals surface area contributed by atoms with Crippen LogP contribution in [0.4, 0.5) is 11.8 Å². The molecule has 1 fully saturated rings. The van der Waals surface area contributed by atoms with Crippen LogP contribution in [-0.4, -0.2) is 38.9 Å². The Labute approximate surface area is 179 Å². The lowest BCUT2D eigenvalue weighted by atomic mass is 10.2. The highest BCUT2D eigenvalue weighted by atomic mass is 32.1. The molecule has 3 heterocycles. The van der Waals surface area contributed by atoms with Gasteiger partial charge in [-0.25, -0.2) is 0 Å². The molecule has 9 nitrogen and oxygen atoms in total. The van der Waals surface area contributed by atoms with Crippen molar-refractivity contribution in [3.63, 3.8) is 0 Å². The molecule has 0 amide bonds. The molecule has 4 rings (SSSR count). The number of hydrogen-bond donors (Lipinski definition) is 2. The fourth-order valence-corrected chi connectivity index (χ4v) is 4.01. The molecule has 1 saturated carbocycles. The highest BCUT2D eigenvalue weighted by molar-refractivity contribution is 7.11. The standard InChI is InChI=1S/C20H25N7O2S/c1-11-18(23-10-17-27-26-12(2)30-17)24-20(21)25-19(11)29-7-6-13-8-15(13)16-5-4-14(28-3)9-22-16/h4-5,9,13,15H,6-8,10H2,1-3H3,(H3,21,23,24,25). The first-order valence-corrected chi connectivity index (χ1v) is 10.6. The number of pyridine rings is 1. The van der Waals surface area contributed by atoms with Crippen LogP contribution in [0.1, 0.15) is 40.0 Å². The van der Waals surface area contributed by atoms with Gasteiger partial charge >= 0.3 is 0 Å². The van der Waals surface area contributed by atoms with Gasteiger partial charge in [0, 0.05) is 11.6 Å². The van der Waals surface area contributed by atoms with E-state index in [2.05, 4.69) is 30.5 Å². The van der Waals surface area contributed by atoms with Crippen LogP contribution < -0.4 is 20.5 Å². The van der Waals surface area contributed by atoms with Gasteiger partial charge in [-0.2, -0.15) is 9.97 Å². The molecule has 0 bridgehead atoms. The zero-order valence-electron chi connectivity index (χ0n) is 17.3. The summed E-state index contributed by atoms with van der Waals surface area (Å²) in [5, 5.41) is 13.2. The van der Waals surface area contributed by atoms with E-state index in [-0.39, 0.29) is 5.95 Å². The molecule has 158 valence electrons. The first kappa shape index (κ1) is 20.3. The van der Waals surface area contributed by atoms with E-state index < -0.39 is 0 Å². The van der Waals surface area contributed by atoms with Crippen LogP contribution in [0.2, 0.25) is 0 Å². The molecule has 3 aromatic rings. The maximum atomic E-state index is 5.95. The molecule has 0 radical (unpaired) electrons. The van der Waals surface area contributed by atoms with Gasteiger partial charge in [-0.1, -0.05) is 11.3 Å². The lowest BCUT2D eigenvalue weighted by Crippen LogP contribution is -2.10. The van der Waals surface area contributed by atoms with Gasteiger partial charge in [-0.05, 0) is 44.7 Å². The van der Waals surface area contributed by atoms with Crippen molar-refractivity contribution in [3.8, 4) is 11.6 Å². The second kappa shape index (κ2) is 8.78. The number of aryl methyl sites for hydroxylation is 1. The summed E-state index contributed by atoms with van der Waals surface area (Å²) in [6.45, 7) is 4.95. The molecule has 1 aliphatic rings. The molecule has 3 aromatic heterocycles. The number of nitrogen functional groups attached to an aromatic ring is 1. The number of aromatic nitrogens is 5. The number of nitrogens with zero attached hydrogens (tertiary/aromatic N) is 5. The van der Waals surface area contributed by atoms with Crippen molar-refractivity contribution < 1.29 is 9.47 Å². The van der Waals surface area contributed by atoms with Gasteiger partial charge in [-0.15, -0.1) is 10.2 Å². The minimum absolute atomic E-state index is 0.179. The molecule has 10 heteroatoms. The largest absolute Gasteiger partial charge is 0.495 e. The maximum Gasteiger partial charge on any atom is 0.225 e. The van der Waals surface area contributed by atoms with Gasteiger partial charge in [0.1, 0.15) is 21.6 Å². The molecular formula is C20H25N7O2S. The second-order valence-corrected chi connectivity index (χ2v) is 8.56. The van der Waals surface area contributed by atoms with Crippen molar-refractivity contribution in [2.24, 2.45) is 5.92 Å². The fraction of sp³-hybridized carbons (Fsp3) is 0.450. The van der Waals surface area contributed by atoms with Gasteiger partial charge < -0.3 is 20.5 Å². The van der Waals surface area contributed by atoms with E-state index in [1.165, 1.54) is 0 Å². The number of nitrogens with one attached hydrogen (secondary N) is 1. The predicted octanol–water partition coefficient (Wildman–Crippen LogP) is 3.12. The highest BCUT2D eigenvalue weighted by Crippen LogP contribution is 2.48. The molecule has 0 aliphatic heterocycles. The minimum atomic E-state index is 0.179. The van der Waals surface area contributed by atoms with Crippen LogP contribution in [0, 0.1) is 19.8 Å². The average Bonchev–Trinajstić information content (AvgIpc) is 3.40. The van der Waals surface area contributed by atoms with Crippen molar-refractivity contribution in [1.82, 2.24) is 25.1 Å². The predicted molar refractivity (Wildman–Crippen MR) is 115 cm³/mol. The van der Waals surface area contributed by atoms with Crippen LogP contribution in [0.15, 0.2) is 18.3 Å². The van der Waals surface area contributed by atoms with E-state index in [1.807, 2.05) is 26.0 Å². The quantitative estimate of drug-likeness (QED) is 0.530. The van der Waals surface area contributed by atoms with E-state index in [0.717, 1.165) is 39.9 Å². The van der Waals surface area contributed by atoms with E-state index in [1.54, 1.807) is 24.6 Å². The molecular weight excluding hydrogens is 402 g/mol. The van der Waals surface area contributed by atoms with Crippen LogP contribution in [-0.2, 0) is 6.54 Å². The number of hydrogen-bond acceptors (Lipinski definition) is 10. The number of nitrogens with two attached hydrogens (primary N) is 1. The fourth-order valence-electron chi connectivity index (χ4n) is 3.36. The second-order valence-electron chi connectivity index (χ2n) is 7.29. The Morgan fingerprint density at radius 2 is 2.10 bits per heavy atom. The summed E-state index contributed by atoms with van der Waals surface area (Å²) in [6.07, 6.45) is 3.84. The van der Waals surface area contributed by atoms with Gasteiger partial charge in [0.05, 0.1) is 32.0 Å². The molecule has 30 heavy (non-hydrogen) atoms. The maximum absolute atomic E-state index is 5.95. The summed E-state index contributed by atoms with van der Waals surface area (Å²) in [5.74, 6) is 3.18. The number of methoxy groups -OCH3 is 1. The van der Waals surface area contributed by atoms with Crippen LogP contribution in [0.3, 0.4) is 0 Å². The summed E-state index contributed by atoms with van der Waals surface area (Å²) in [5.41, 5.74) is 7.82. The summed E-state index contributed by atoms with van der Waals surface area (Å²) < 4.78 is 11.1. The summed E-state index contributed by atoms with van der Waals surface area (Å²) in [4.78, 5) is 13.0. The Morgan fingerprint density at radius 1 is 1.23 bits per heavy atom. The molecule has 2 atom stereocenters. The third-order valence-electron chi connectivity index (χ3n) is 5.12. The molecule has 2 unspecified atom stereocenters. The zero-order valence-corrected chi connectivity index (χ0v) is 18.1. The molecule has 0 spiro atoms. The highest BCUT2D eigenvalue weighted by Gasteiger charge is 2.39. The monoisotopic (exact) mass is 427 g/mol. The van der Waals surface area contributed by atoms with Crippen LogP contribution >= 0.6 is 11.3 Å². The smallest absolute Gasteiger partial charge is 0.225 e. The third kappa shape index (κ3) is 4.76. The summed E-state index contributed by atoms with van der Waals surface area (Å²) in [7, 11) is 1.65. The summed E-state index contributed by atoms with van der Waals surface area (Å²) >= 11 is 1.54. The van der Waals surface area contributed by atoms with Crippen LogP contribution in [0.5, 0.6) is 11.6 Å². The Morgan fingerprint density at radius 3 is 2.80 bits per heavy atom. The van der Waals surface area contributed by atoms with E-state index in [9.17, 15) is 0 Å². The topological polar surface area (TPSA) is 121 Å². The number of rotatable bonds is 9. The number of anilines is 2. The van der Waals surface area contributed by atoms with E-state index in [4.69, 9.17) is 15.2 Å². The summed E-state index contributed by atoms with van der Waals surface area (Å²) in [6, 6.07) is 4.00. The van der Waals surface area contributed by atoms with Crippen molar-refractivity contribution in [2.45, 2.75) is 39.2 Å². The van der Waals surface area contributed by atoms with Crippen molar-refractivity contribution in [2.75, 3.05) is 24.8 Å². The van der Waals surface area contributed by atoms with Crippen molar-refractivity contribution in [1.29, 1.82) is 0 Å². The van der Waals surface area contributed by atoms with Gasteiger partial charge in [0.25, 0.3) is 0 Å². The van der Waals surface area contributed by atoms with Crippen molar-refractivity contribution >= 4 is 23.1 Å². The third-order valence-corrected chi connectivity index (χ3v) is 5.96. The Balaban J connectivity index is 1.30. The first-order valence-electron chi connectivity index (χ1n) is 9.83. The zero-order chi connectivity index (χ0) is 21.1. The molecule has 1 aliphatic carbocycles. The SMILES string of the molecule is COc1ccc(C2CC2CCOc2nc(N)nc(NCc3nnc(C)s3)c2C)nc1. The molecule has 0 aromatic carbocycles. The lowest BCUT2D eigenvalue weighted by Gasteiger charge is -2.13. The van der Waals surface area contributed by atoms with E-state index >= 15 is 0 Å². The van der Waals surface area contributed by atoms with Gasteiger partial charge in [-0.3, -0.25) is 4.98 Å². The molecule has 3 N–H and O–H groups in total. The van der Waals surface area contributed by atoms with Crippen LogP contribution in [0.25, 0.3) is 0 Å². The lowest BCUT2D eigenvalue weighted by molar-refractivity contribution is 0.288. The number of ether oxygens (including phenoxy) is 2. The van der Waals surface area contributed by atoms with Crippen molar-refractivity contribution in [3.05, 3.63) is 39.6 Å². The van der Waals surface area contributed by atoms with Gasteiger partial charge in [0.2, 0.25) is 11.8 Å². The van der Waals surface area contributed by atoms with E-state index in [0.29, 0.717) is 36.7 Å². The Kier molecular flexibility index (Phi) is 5.93.